The van der Waals surface area contributed by atoms with E-state index in [-0.39, 0.29) is 6.07 Å². The molecule has 0 aliphatic heterocycles. The highest BCUT2D eigenvalue weighted by molar-refractivity contribution is 6.17. The number of hydrogen-bond donors (Lipinski definition) is 0. The first-order chi connectivity index (χ1) is 5.02. The quantitative estimate of drug-likeness (QED) is 0.378. The lowest BCUT2D eigenvalue weighted by atomic mass is 10.1. The van der Waals surface area contributed by atoms with Crippen LogP contribution < -0.4 is 0 Å². The van der Waals surface area contributed by atoms with Crippen LogP contribution in [0, 0.1) is 0 Å². The maximum Gasteiger partial charge on any atom is 0.510 e. The zero-order chi connectivity index (χ0) is 8.91. The van der Waals surface area contributed by atoms with Gasteiger partial charge in [0.25, 0.3) is 0 Å². The molecular weight excluding hydrogens is 168 g/mol. The molecule has 11 heavy (non-hydrogen) atoms. The molecule has 0 rings (SSSR count). The van der Waals surface area contributed by atoms with Gasteiger partial charge in [0.1, 0.15) is 5.60 Å². The lowest BCUT2D eigenvalue weighted by Crippen LogP contribution is -2.25. The molecule has 0 unspecified atom stereocenters. The Morgan fingerprint density at radius 3 is 2.64 bits per heavy atom. The van der Waals surface area contributed by atoms with Crippen molar-refractivity contribution in [1.29, 1.82) is 0 Å². The fourth-order valence-electron chi connectivity index (χ4n) is 0.330. The summed E-state index contributed by atoms with van der Waals surface area (Å²) >= 11 is 5.12. The van der Waals surface area contributed by atoms with Crippen molar-refractivity contribution in [3.63, 3.8) is 0 Å². The zero-order valence-electron chi connectivity index (χ0n) is 6.59. The predicted octanol–water partition coefficient (Wildman–Crippen LogP) is 2.30. The second-order valence-corrected chi connectivity index (χ2v) is 2.63. The first kappa shape index (κ1) is 10.3. The van der Waals surface area contributed by atoms with Crippen LogP contribution in [0.15, 0.2) is 12.7 Å². The van der Waals surface area contributed by atoms with E-state index < -0.39 is 11.8 Å². The van der Waals surface area contributed by atoms with Crippen molar-refractivity contribution >= 4 is 17.8 Å². The van der Waals surface area contributed by atoms with Crippen molar-refractivity contribution in [2.45, 2.75) is 19.4 Å². The Balaban J connectivity index is 3.83. The lowest BCUT2D eigenvalue weighted by Gasteiger charge is -2.19. The molecule has 0 aromatic carbocycles. The van der Waals surface area contributed by atoms with Crippen molar-refractivity contribution in [1.82, 2.24) is 0 Å². The van der Waals surface area contributed by atoms with E-state index in [9.17, 15) is 4.79 Å². The van der Waals surface area contributed by atoms with Crippen LogP contribution in [0.2, 0.25) is 0 Å². The normalized spacial score (nSPS) is 10.5. The Morgan fingerprint density at radius 2 is 2.27 bits per heavy atom. The second kappa shape index (κ2) is 4.23. The lowest BCUT2D eigenvalue weighted by molar-refractivity contribution is 0.0144. The molecule has 64 valence electrons. The van der Waals surface area contributed by atoms with Crippen molar-refractivity contribution in [3.05, 3.63) is 12.7 Å². The van der Waals surface area contributed by atoms with E-state index in [1.165, 1.54) is 6.08 Å². The van der Waals surface area contributed by atoms with Crippen LogP contribution in [0.1, 0.15) is 13.8 Å². The van der Waals surface area contributed by atoms with E-state index in [1.54, 1.807) is 13.8 Å². The molecule has 0 aliphatic carbocycles. The molecule has 0 bridgehead atoms. The molecule has 4 heteroatoms. The van der Waals surface area contributed by atoms with Gasteiger partial charge >= 0.3 is 6.16 Å². The van der Waals surface area contributed by atoms with Crippen molar-refractivity contribution in [3.8, 4) is 0 Å². The summed E-state index contributed by atoms with van der Waals surface area (Å²) in [5.74, 6) is 0. The topological polar surface area (TPSA) is 35.5 Å². The Morgan fingerprint density at radius 1 is 1.73 bits per heavy atom. The molecule has 0 fully saturated rings. The van der Waals surface area contributed by atoms with Crippen LogP contribution in [0.25, 0.3) is 0 Å². The van der Waals surface area contributed by atoms with Gasteiger partial charge in [-0.05, 0) is 19.9 Å². The fourth-order valence-corrected chi connectivity index (χ4v) is 0.420. The fraction of sp³-hybridized carbons (Fsp3) is 0.571. The molecule has 0 spiro atoms. The summed E-state index contributed by atoms with van der Waals surface area (Å²) in [4.78, 5) is 10.6. The molecule has 0 saturated carbocycles. The smallest absolute Gasteiger partial charge is 0.424 e. The summed E-state index contributed by atoms with van der Waals surface area (Å²) in [6, 6.07) is -0.202. The van der Waals surface area contributed by atoms with E-state index in [1.807, 2.05) is 0 Å². The van der Waals surface area contributed by atoms with E-state index in [2.05, 4.69) is 11.3 Å². The van der Waals surface area contributed by atoms with E-state index in [0.717, 1.165) is 0 Å². The number of rotatable bonds is 3. The summed E-state index contributed by atoms with van der Waals surface area (Å²) in [6.45, 7) is 6.86. The number of carbonyl (C=O) groups excluding carboxylic acids is 1. The Kier molecular flexibility index (Phi) is 3.97. The highest BCUT2D eigenvalue weighted by atomic mass is 35.5. The molecule has 0 radical (unpaired) electrons. The molecule has 0 saturated heterocycles. The third-order valence-electron chi connectivity index (χ3n) is 1.01. The van der Waals surface area contributed by atoms with Gasteiger partial charge in [-0.25, -0.2) is 4.79 Å². The van der Waals surface area contributed by atoms with Crippen LogP contribution in [0.5, 0.6) is 0 Å². The van der Waals surface area contributed by atoms with Gasteiger partial charge in [-0.2, -0.15) is 0 Å². The Labute approximate surface area is 70.9 Å². The highest BCUT2D eigenvalue weighted by Gasteiger charge is 2.18. The number of alkyl halides is 1. The van der Waals surface area contributed by atoms with Crippen LogP contribution in [-0.2, 0) is 9.47 Å². The first-order valence-corrected chi connectivity index (χ1v) is 3.60. The molecule has 0 aromatic heterocycles. The van der Waals surface area contributed by atoms with Gasteiger partial charge in [0.15, 0.2) is 6.07 Å². The minimum Gasteiger partial charge on any atom is -0.424 e. The molecule has 0 atom stereocenters. The summed E-state index contributed by atoms with van der Waals surface area (Å²) in [7, 11) is 0. The molecule has 0 aliphatic rings. The van der Waals surface area contributed by atoms with Gasteiger partial charge in [-0.15, -0.1) is 0 Å². The maximum atomic E-state index is 10.6. The average molecular weight is 179 g/mol. The Hall–Kier alpha value is -0.700. The molecule has 0 amide bonds. The number of carbonyl (C=O) groups is 1. The van der Waals surface area contributed by atoms with Gasteiger partial charge in [0.05, 0.1) is 0 Å². The van der Waals surface area contributed by atoms with Crippen LogP contribution in [0.3, 0.4) is 0 Å². The van der Waals surface area contributed by atoms with Gasteiger partial charge in [0, 0.05) is 0 Å². The summed E-state index contributed by atoms with van der Waals surface area (Å²) < 4.78 is 9.10. The maximum absolute atomic E-state index is 10.6. The first-order valence-electron chi connectivity index (χ1n) is 3.07. The summed E-state index contributed by atoms with van der Waals surface area (Å²) in [5.41, 5.74) is -0.705. The number of halogens is 1. The van der Waals surface area contributed by atoms with Crippen LogP contribution >= 0.6 is 11.6 Å². The van der Waals surface area contributed by atoms with Crippen molar-refractivity contribution in [2.75, 3.05) is 6.07 Å². The molecule has 3 nitrogen and oxygen atoms in total. The van der Waals surface area contributed by atoms with Gasteiger partial charge < -0.3 is 9.47 Å². The largest absolute Gasteiger partial charge is 0.510 e. The van der Waals surface area contributed by atoms with E-state index >= 15 is 0 Å². The number of hydrogen-bond acceptors (Lipinski definition) is 3. The van der Waals surface area contributed by atoms with Crippen LogP contribution in [0.4, 0.5) is 4.79 Å². The molecular formula is C7H11ClO3. The van der Waals surface area contributed by atoms with Gasteiger partial charge in [-0.1, -0.05) is 18.2 Å². The predicted molar refractivity (Wildman–Crippen MR) is 42.6 cm³/mol. The Bertz CT molecular complexity index is 154. The summed E-state index contributed by atoms with van der Waals surface area (Å²) in [6.07, 6.45) is 0.715. The third-order valence-corrected chi connectivity index (χ3v) is 1.12. The monoisotopic (exact) mass is 178 g/mol. The SMILES string of the molecule is C=CC(C)(C)OC(=O)OCCl. The van der Waals surface area contributed by atoms with Crippen molar-refractivity contribution in [2.24, 2.45) is 0 Å². The van der Waals surface area contributed by atoms with Gasteiger partial charge in [-0.3, -0.25) is 0 Å². The third kappa shape index (κ3) is 4.67. The van der Waals surface area contributed by atoms with Gasteiger partial charge in [0.2, 0.25) is 0 Å². The van der Waals surface area contributed by atoms with E-state index in [0.29, 0.717) is 0 Å². The zero-order valence-corrected chi connectivity index (χ0v) is 7.35. The second-order valence-electron chi connectivity index (χ2n) is 2.41. The number of ether oxygens (including phenoxy) is 2. The minimum absolute atomic E-state index is 0.202. The highest BCUT2D eigenvalue weighted by Crippen LogP contribution is 2.10. The standard InChI is InChI=1S/C7H11ClO3/c1-4-7(2,3)11-6(9)10-5-8/h4H,1,5H2,2-3H3. The molecule has 0 N–H and O–H groups in total. The van der Waals surface area contributed by atoms with Crippen LogP contribution in [-0.4, -0.2) is 17.8 Å². The minimum atomic E-state index is -0.787. The summed E-state index contributed by atoms with van der Waals surface area (Å²) in [5, 5.41) is 0. The average Bonchev–Trinajstić information content (AvgIpc) is 1.87. The van der Waals surface area contributed by atoms with Crippen molar-refractivity contribution < 1.29 is 14.3 Å². The van der Waals surface area contributed by atoms with E-state index in [4.69, 9.17) is 16.3 Å². The molecule has 0 heterocycles. The molecule has 0 aromatic rings.